The monoisotopic (exact) mass is 402 g/mol. The van der Waals surface area contributed by atoms with E-state index in [0.717, 1.165) is 5.56 Å². The molecule has 0 aliphatic rings. The second kappa shape index (κ2) is 9.54. The molecule has 2 rings (SSSR count). The number of ether oxygens (including phenoxy) is 3. The molecule has 1 amide bonds. The summed E-state index contributed by atoms with van der Waals surface area (Å²) < 4.78 is 15.6. The summed E-state index contributed by atoms with van der Waals surface area (Å²) in [6.07, 6.45) is -2.13. The number of nitrogens with one attached hydrogen (secondary N) is 1. The molecule has 2 aromatic rings. The molecule has 9 nitrogen and oxygen atoms in total. The van der Waals surface area contributed by atoms with Crippen LogP contribution in [0, 0.1) is 17.0 Å². The number of carbonyl (C=O) groups excluding carboxylic acids is 2. The van der Waals surface area contributed by atoms with Crippen LogP contribution in [0.5, 0.6) is 11.5 Å². The van der Waals surface area contributed by atoms with Gasteiger partial charge in [-0.15, -0.1) is 0 Å². The van der Waals surface area contributed by atoms with Gasteiger partial charge in [-0.2, -0.15) is 0 Å². The molecule has 0 saturated heterocycles. The van der Waals surface area contributed by atoms with E-state index >= 15 is 0 Å². The number of carbonyl (C=O) groups is 2. The summed E-state index contributed by atoms with van der Waals surface area (Å²) >= 11 is 0. The van der Waals surface area contributed by atoms with Crippen LogP contribution < -0.4 is 14.8 Å². The summed E-state index contributed by atoms with van der Waals surface area (Å²) in [7, 11) is 1.37. The zero-order valence-corrected chi connectivity index (χ0v) is 16.5. The van der Waals surface area contributed by atoms with Gasteiger partial charge >= 0.3 is 5.97 Å². The molecule has 0 aliphatic carbocycles. The Morgan fingerprint density at radius 1 is 1.07 bits per heavy atom. The first-order valence-electron chi connectivity index (χ1n) is 8.78. The fourth-order valence-electron chi connectivity index (χ4n) is 2.39. The summed E-state index contributed by atoms with van der Waals surface area (Å²) in [5, 5.41) is 13.6. The second-order valence-electron chi connectivity index (χ2n) is 6.29. The van der Waals surface area contributed by atoms with Gasteiger partial charge in [0.2, 0.25) is 0 Å². The third-order valence-electron chi connectivity index (χ3n) is 3.96. The summed E-state index contributed by atoms with van der Waals surface area (Å²) in [5.74, 6) is -0.676. The molecule has 0 aromatic heterocycles. The number of esters is 1. The number of rotatable bonds is 8. The number of nitrogens with zero attached hydrogens (tertiary/aromatic N) is 1. The van der Waals surface area contributed by atoms with Crippen LogP contribution >= 0.6 is 0 Å². The number of amides is 1. The molecule has 29 heavy (non-hydrogen) atoms. The minimum absolute atomic E-state index is 0.0345. The van der Waals surface area contributed by atoms with Gasteiger partial charge in [-0.05, 0) is 50.6 Å². The molecule has 9 heteroatoms. The van der Waals surface area contributed by atoms with E-state index in [1.165, 1.54) is 39.2 Å². The lowest BCUT2D eigenvalue weighted by atomic mass is 10.2. The van der Waals surface area contributed by atoms with Crippen molar-refractivity contribution in [1.82, 2.24) is 0 Å². The molecule has 2 aromatic carbocycles. The van der Waals surface area contributed by atoms with Crippen LogP contribution in [0.2, 0.25) is 0 Å². The van der Waals surface area contributed by atoms with Crippen LogP contribution in [0.4, 0.5) is 11.4 Å². The normalized spacial score (nSPS) is 12.4. The van der Waals surface area contributed by atoms with Crippen LogP contribution in [0.1, 0.15) is 19.4 Å². The molecule has 154 valence electrons. The molecule has 0 saturated carbocycles. The van der Waals surface area contributed by atoms with Crippen LogP contribution in [0.25, 0.3) is 0 Å². The topological polar surface area (TPSA) is 117 Å². The van der Waals surface area contributed by atoms with Crippen LogP contribution in [0.15, 0.2) is 42.5 Å². The van der Waals surface area contributed by atoms with Crippen molar-refractivity contribution in [3.8, 4) is 11.5 Å². The minimum atomic E-state index is -1.19. The number of anilines is 1. The highest BCUT2D eigenvalue weighted by Gasteiger charge is 2.25. The summed E-state index contributed by atoms with van der Waals surface area (Å²) in [6.45, 7) is 4.76. The van der Waals surface area contributed by atoms with Crippen molar-refractivity contribution in [2.45, 2.75) is 33.0 Å². The van der Waals surface area contributed by atoms with E-state index in [0.29, 0.717) is 5.75 Å². The number of nitro benzene ring substituents is 1. The Labute approximate surface area is 167 Å². The maximum Gasteiger partial charge on any atom is 0.347 e. The van der Waals surface area contributed by atoms with Gasteiger partial charge in [0.25, 0.3) is 11.6 Å². The van der Waals surface area contributed by atoms with E-state index in [1.54, 1.807) is 18.2 Å². The lowest BCUT2D eigenvalue weighted by Gasteiger charge is -2.18. The SMILES string of the molecule is COc1ccc(NC(=O)[C@@H](C)OC(=O)[C@@H](C)Oc2cccc(C)c2)c([N+](=O)[O-])c1. The van der Waals surface area contributed by atoms with Gasteiger partial charge in [0.15, 0.2) is 12.2 Å². The number of aryl methyl sites for hydroxylation is 1. The number of hydrogen-bond donors (Lipinski definition) is 1. The molecule has 0 aliphatic heterocycles. The van der Waals surface area contributed by atoms with E-state index in [9.17, 15) is 19.7 Å². The highest BCUT2D eigenvalue weighted by Crippen LogP contribution is 2.29. The number of benzene rings is 2. The molecule has 0 fully saturated rings. The highest BCUT2D eigenvalue weighted by molar-refractivity contribution is 5.97. The van der Waals surface area contributed by atoms with Gasteiger partial charge in [-0.3, -0.25) is 14.9 Å². The number of methoxy groups -OCH3 is 1. The van der Waals surface area contributed by atoms with Crippen LogP contribution in [-0.2, 0) is 14.3 Å². The smallest absolute Gasteiger partial charge is 0.347 e. The Morgan fingerprint density at radius 3 is 2.41 bits per heavy atom. The van der Waals surface area contributed by atoms with Gasteiger partial charge in [-0.1, -0.05) is 12.1 Å². The van der Waals surface area contributed by atoms with Gasteiger partial charge in [0.1, 0.15) is 17.2 Å². The molecule has 2 atom stereocenters. The fourth-order valence-corrected chi connectivity index (χ4v) is 2.39. The van der Waals surface area contributed by atoms with Crippen molar-refractivity contribution in [1.29, 1.82) is 0 Å². The van der Waals surface area contributed by atoms with Crippen LogP contribution in [0.3, 0.4) is 0 Å². The van der Waals surface area contributed by atoms with Crippen molar-refractivity contribution < 1.29 is 28.7 Å². The second-order valence-corrected chi connectivity index (χ2v) is 6.29. The van der Waals surface area contributed by atoms with Crippen molar-refractivity contribution in [2.24, 2.45) is 0 Å². The van der Waals surface area contributed by atoms with E-state index in [-0.39, 0.29) is 17.1 Å². The van der Waals surface area contributed by atoms with E-state index in [4.69, 9.17) is 14.2 Å². The molecule has 0 radical (unpaired) electrons. The summed E-state index contributed by atoms with van der Waals surface area (Å²) in [5.41, 5.74) is 0.594. The molecule has 0 spiro atoms. The first-order chi connectivity index (χ1) is 13.7. The first-order valence-corrected chi connectivity index (χ1v) is 8.78. The quantitative estimate of drug-likeness (QED) is 0.409. The number of nitro groups is 1. The van der Waals surface area contributed by atoms with E-state index < -0.39 is 29.0 Å². The largest absolute Gasteiger partial charge is 0.496 e. The first kappa shape index (κ1) is 21.7. The summed E-state index contributed by atoms with van der Waals surface area (Å²) in [6, 6.07) is 11.1. The third kappa shape index (κ3) is 5.93. The molecule has 0 bridgehead atoms. The Hall–Kier alpha value is -3.62. The Balaban J connectivity index is 1.99. The Bertz CT molecular complexity index is 913. The van der Waals surface area contributed by atoms with E-state index in [2.05, 4.69) is 5.32 Å². The average molecular weight is 402 g/mol. The molecule has 1 N–H and O–H groups in total. The lowest BCUT2D eigenvalue weighted by molar-refractivity contribution is -0.384. The highest BCUT2D eigenvalue weighted by atomic mass is 16.6. The van der Waals surface area contributed by atoms with Gasteiger partial charge < -0.3 is 19.5 Å². The lowest BCUT2D eigenvalue weighted by Crippen LogP contribution is -2.35. The predicted octanol–water partition coefficient (Wildman–Crippen LogP) is 3.25. The Kier molecular flexibility index (Phi) is 7.13. The predicted molar refractivity (Wildman–Crippen MR) is 105 cm³/mol. The standard InChI is InChI=1S/C20H22N2O7/c1-12-6-5-7-16(10-12)28-14(3)20(24)29-13(2)19(23)21-17-9-8-15(27-4)11-18(17)22(25)26/h5-11,13-14H,1-4H3,(H,21,23)/t13-,14-/m1/s1. The van der Waals surface area contributed by atoms with Crippen molar-refractivity contribution in [3.05, 3.63) is 58.1 Å². The van der Waals surface area contributed by atoms with Crippen molar-refractivity contribution >= 4 is 23.3 Å². The zero-order chi connectivity index (χ0) is 21.6. The third-order valence-corrected chi connectivity index (χ3v) is 3.96. The number of hydrogen-bond acceptors (Lipinski definition) is 7. The molecular formula is C20H22N2O7. The van der Waals surface area contributed by atoms with Crippen molar-refractivity contribution in [2.75, 3.05) is 12.4 Å². The van der Waals surface area contributed by atoms with Gasteiger partial charge in [0, 0.05) is 0 Å². The Morgan fingerprint density at radius 2 is 1.79 bits per heavy atom. The minimum Gasteiger partial charge on any atom is -0.496 e. The summed E-state index contributed by atoms with van der Waals surface area (Å²) in [4.78, 5) is 35.1. The zero-order valence-electron chi connectivity index (χ0n) is 16.5. The molecule has 0 unspecified atom stereocenters. The maximum atomic E-state index is 12.3. The average Bonchev–Trinajstić information content (AvgIpc) is 2.67. The van der Waals surface area contributed by atoms with E-state index in [1.807, 2.05) is 13.0 Å². The molecule has 0 heterocycles. The molecular weight excluding hydrogens is 380 g/mol. The van der Waals surface area contributed by atoms with Crippen LogP contribution in [-0.4, -0.2) is 36.1 Å². The van der Waals surface area contributed by atoms with Gasteiger partial charge in [-0.25, -0.2) is 4.79 Å². The van der Waals surface area contributed by atoms with Gasteiger partial charge in [0.05, 0.1) is 18.1 Å². The fraction of sp³-hybridized carbons (Fsp3) is 0.300. The van der Waals surface area contributed by atoms with Crippen molar-refractivity contribution in [3.63, 3.8) is 0 Å². The maximum absolute atomic E-state index is 12.3.